The summed E-state index contributed by atoms with van der Waals surface area (Å²) in [5.41, 5.74) is 1.97. The van der Waals surface area contributed by atoms with E-state index in [1.807, 2.05) is 31.2 Å². The van der Waals surface area contributed by atoms with E-state index in [4.69, 9.17) is 0 Å². The van der Waals surface area contributed by atoms with E-state index in [9.17, 15) is 14.4 Å². The van der Waals surface area contributed by atoms with E-state index in [0.29, 0.717) is 23.4 Å². The van der Waals surface area contributed by atoms with Crippen LogP contribution in [-0.4, -0.2) is 22.8 Å². The van der Waals surface area contributed by atoms with Crippen LogP contribution in [0.15, 0.2) is 53.4 Å². The summed E-state index contributed by atoms with van der Waals surface area (Å²) >= 11 is 1.45. The minimum atomic E-state index is -0.268. The van der Waals surface area contributed by atoms with Gasteiger partial charge in [0.05, 0.1) is 5.25 Å². The van der Waals surface area contributed by atoms with E-state index >= 15 is 0 Å². The largest absolute Gasteiger partial charge is 0.326 e. The summed E-state index contributed by atoms with van der Waals surface area (Å²) in [4.78, 5) is 36.0. The lowest BCUT2D eigenvalue weighted by Crippen LogP contribution is -2.24. The highest BCUT2D eigenvalue weighted by Gasteiger charge is 2.18. The van der Waals surface area contributed by atoms with Crippen LogP contribution < -0.4 is 10.6 Å². The first kappa shape index (κ1) is 19.7. The molecular formula is C20H22N2O3S. The molecule has 1 atom stereocenters. The number of amides is 2. The minimum absolute atomic E-state index is 0.0103. The summed E-state index contributed by atoms with van der Waals surface area (Å²) in [6.45, 7) is 4.92. The Kier molecular flexibility index (Phi) is 6.97. The Bertz CT molecular complexity index is 803. The average Bonchev–Trinajstić information content (AvgIpc) is 2.59. The summed E-state index contributed by atoms with van der Waals surface area (Å²) < 4.78 is 0. The van der Waals surface area contributed by atoms with Crippen LogP contribution in [0.4, 0.5) is 11.4 Å². The van der Waals surface area contributed by atoms with Gasteiger partial charge in [-0.25, -0.2) is 0 Å². The zero-order valence-electron chi connectivity index (χ0n) is 15.0. The van der Waals surface area contributed by atoms with E-state index in [2.05, 4.69) is 10.6 Å². The highest BCUT2D eigenvalue weighted by molar-refractivity contribution is 8.00. The number of hydrogen-bond donors (Lipinski definition) is 2. The van der Waals surface area contributed by atoms with Crippen molar-refractivity contribution in [3.63, 3.8) is 0 Å². The van der Waals surface area contributed by atoms with Crippen LogP contribution in [0.5, 0.6) is 0 Å². The van der Waals surface area contributed by atoms with Gasteiger partial charge in [-0.1, -0.05) is 13.0 Å². The topological polar surface area (TPSA) is 75.3 Å². The Hall–Kier alpha value is -2.60. The molecule has 1 unspecified atom stereocenters. The molecule has 5 nitrogen and oxygen atoms in total. The van der Waals surface area contributed by atoms with Gasteiger partial charge in [0.15, 0.2) is 5.78 Å². The second kappa shape index (κ2) is 9.20. The third-order valence-electron chi connectivity index (χ3n) is 3.65. The van der Waals surface area contributed by atoms with Gasteiger partial charge in [-0.2, -0.15) is 0 Å². The summed E-state index contributed by atoms with van der Waals surface area (Å²) in [7, 11) is 0. The SMILES string of the molecule is CCC(Sc1cccc(NC(C)=O)c1)C(=O)Nc1ccc(C(C)=O)cc1. The summed E-state index contributed by atoms with van der Waals surface area (Å²) in [5.74, 6) is -0.243. The molecular weight excluding hydrogens is 348 g/mol. The van der Waals surface area contributed by atoms with Crippen molar-refractivity contribution < 1.29 is 14.4 Å². The van der Waals surface area contributed by atoms with E-state index in [1.165, 1.54) is 25.6 Å². The summed E-state index contributed by atoms with van der Waals surface area (Å²) in [6.07, 6.45) is 0.659. The molecule has 0 heterocycles. The van der Waals surface area contributed by atoms with Gasteiger partial charge in [-0.3, -0.25) is 14.4 Å². The first-order chi connectivity index (χ1) is 12.4. The number of thioether (sulfide) groups is 1. The molecule has 2 rings (SSSR count). The van der Waals surface area contributed by atoms with Crippen molar-refractivity contribution in [3.05, 3.63) is 54.1 Å². The summed E-state index contributed by atoms with van der Waals surface area (Å²) in [5, 5.41) is 5.36. The Balaban J connectivity index is 2.04. The van der Waals surface area contributed by atoms with Crippen molar-refractivity contribution in [2.75, 3.05) is 10.6 Å². The van der Waals surface area contributed by atoms with Crippen LogP contribution in [0.1, 0.15) is 37.6 Å². The molecule has 0 radical (unpaired) electrons. The maximum absolute atomic E-state index is 12.6. The third kappa shape index (κ3) is 5.74. The molecule has 0 aliphatic carbocycles. The number of nitrogens with one attached hydrogen (secondary N) is 2. The fraction of sp³-hybridized carbons (Fsp3) is 0.250. The number of carbonyl (C=O) groups excluding carboxylic acids is 3. The zero-order valence-corrected chi connectivity index (χ0v) is 15.9. The van der Waals surface area contributed by atoms with Gasteiger partial charge >= 0.3 is 0 Å². The molecule has 0 aliphatic rings. The molecule has 0 saturated heterocycles. The Morgan fingerprint density at radius 2 is 1.65 bits per heavy atom. The summed E-state index contributed by atoms with van der Waals surface area (Å²) in [6, 6.07) is 14.3. The maximum Gasteiger partial charge on any atom is 0.237 e. The second-order valence-corrected chi connectivity index (χ2v) is 7.12. The number of carbonyl (C=O) groups is 3. The molecule has 2 N–H and O–H groups in total. The van der Waals surface area contributed by atoms with E-state index in [1.54, 1.807) is 24.3 Å². The smallest absolute Gasteiger partial charge is 0.237 e. The quantitative estimate of drug-likeness (QED) is 0.561. The number of benzene rings is 2. The predicted octanol–water partition coefficient (Wildman–Crippen LogP) is 4.36. The lowest BCUT2D eigenvalue weighted by atomic mass is 10.1. The van der Waals surface area contributed by atoms with Crippen molar-refractivity contribution in [2.45, 2.75) is 37.3 Å². The molecule has 136 valence electrons. The lowest BCUT2D eigenvalue weighted by molar-refractivity contribution is -0.116. The standard InChI is InChI=1S/C20H22N2O3S/c1-4-19(26-18-7-5-6-17(12-18)21-14(3)24)20(25)22-16-10-8-15(9-11-16)13(2)23/h5-12,19H,4H2,1-3H3,(H,21,24)(H,22,25). The monoisotopic (exact) mass is 370 g/mol. The van der Waals surface area contributed by atoms with Gasteiger partial charge in [0.25, 0.3) is 0 Å². The van der Waals surface area contributed by atoms with Gasteiger partial charge in [-0.15, -0.1) is 11.8 Å². The fourth-order valence-corrected chi connectivity index (χ4v) is 3.36. The lowest BCUT2D eigenvalue weighted by Gasteiger charge is -2.15. The van der Waals surface area contributed by atoms with E-state index < -0.39 is 0 Å². The van der Waals surface area contributed by atoms with E-state index in [-0.39, 0.29) is 22.8 Å². The number of Topliss-reactive ketones (excluding diaryl/α,β-unsaturated/α-hetero) is 1. The predicted molar refractivity (Wildman–Crippen MR) is 106 cm³/mol. The third-order valence-corrected chi connectivity index (χ3v) is 5.01. The van der Waals surface area contributed by atoms with Crippen LogP contribution in [0.25, 0.3) is 0 Å². The fourth-order valence-electron chi connectivity index (χ4n) is 2.35. The minimum Gasteiger partial charge on any atom is -0.326 e. The molecule has 0 spiro atoms. The van der Waals surface area contributed by atoms with Crippen LogP contribution >= 0.6 is 11.8 Å². The van der Waals surface area contributed by atoms with Gasteiger partial charge < -0.3 is 10.6 Å². The maximum atomic E-state index is 12.6. The van der Waals surface area contributed by atoms with Crippen LogP contribution in [0, 0.1) is 0 Å². The Morgan fingerprint density at radius 1 is 0.962 bits per heavy atom. The zero-order chi connectivity index (χ0) is 19.1. The van der Waals surface area contributed by atoms with Crippen molar-refractivity contribution in [2.24, 2.45) is 0 Å². The Morgan fingerprint density at radius 3 is 2.23 bits per heavy atom. The van der Waals surface area contributed by atoms with Crippen molar-refractivity contribution in [3.8, 4) is 0 Å². The van der Waals surface area contributed by atoms with Crippen LogP contribution in [0.2, 0.25) is 0 Å². The van der Waals surface area contributed by atoms with Gasteiger partial charge in [0, 0.05) is 28.8 Å². The second-order valence-electron chi connectivity index (χ2n) is 5.85. The van der Waals surface area contributed by atoms with Crippen LogP contribution in [-0.2, 0) is 9.59 Å². The van der Waals surface area contributed by atoms with E-state index in [0.717, 1.165) is 4.90 Å². The highest BCUT2D eigenvalue weighted by atomic mass is 32.2. The molecule has 2 aromatic rings. The normalized spacial score (nSPS) is 11.5. The van der Waals surface area contributed by atoms with Gasteiger partial charge in [0.1, 0.15) is 0 Å². The molecule has 6 heteroatoms. The van der Waals surface area contributed by atoms with Crippen molar-refractivity contribution in [1.82, 2.24) is 0 Å². The van der Waals surface area contributed by atoms with Gasteiger partial charge in [0.2, 0.25) is 11.8 Å². The molecule has 26 heavy (non-hydrogen) atoms. The molecule has 0 saturated carbocycles. The molecule has 2 amide bonds. The first-order valence-corrected chi connectivity index (χ1v) is 9.23. The van der Waals surface area contributed by atoms with Crippen molar-refractivity contribution in [1.29, 1.82) is 0 Å². The number of hydrogen-bond acceptors (Lipinski definition) is 4. The highest BCUT2D eigenvalue weighted by Crippen LogP contribution is 2.28. The number of rotatable bonds is 7. The van der Waals surface area contributed by atoms with Gasteiger partial charge in [-0.05, 0) is 55.8 Å². The molecule has 0 aliphatic heterocycles. The molecule has 0 bridgehead atoms. The average molecular weight is 370 g/mol. The van der Waals surface area contributed by atoms with Crippen molar-refractivity contribution >= 4 is 40.7 Å². The molecule has 2 aromatic carbocycles. The van der Waals surface area contributed by atoms with Crippen LogP contribution in [0.3, 0.4) is 0 Å². The first-order valence-electron chi connectivity index (χ1n) is 8.35. The molecule has 0 fully saturated rings. The Labute approximate surface area is 157 Å². The number of anilines is 2. The number of ketones is 1. The molecule has 0 aromatic heterocycles.